The zero-order valence-corrected chi connectivity index (χ0v) is 13.3. The number of nitrogens with zero attached hydrogens (tertiary/aromatic N) is 2. The number of ether oxygens (including phenoxy) is 1. The standard InChI is InChI=1S/C16H23N3O2/c1-7-12-9-17-14(18-12)13-8-10(2)11(3)19(13)15(20)21-16(4,5)6/h1,9-11,13H,8H2,2-6H3,(H,17,18)/t10-,11-,13+/m1/s1. The highest BCUT2D eigenvalue weighted by molar-refractivity contribution is 5.69. The second kappa shape index (κ2) is 5.44. The van der Waals surface area contributed by atoms with Crippen LogP contribution in [-0.4, -0.2) is 32.6 Å². The summed E-state index contributed by atoms with van der Waals surface area (Å²) in [7, 11) is 0. The van der Waals surface area contributed by atoms with Gasteiger partial charge in [0.15, 0.2) is 0 Å². The zero-order valence-electron chi connectivity index (χ0n) is 13.3. The van der Waals surface area contributed by atoms with Crippen LogP contribution >= 0.6 is 0 Å². The molecule has 5 nitrogen and oxygen atoms in total. The minimum Gasteiger partial charge on any atom is -0.444 e. The van der Waals surface area contributed by atoms with Crippen LogP contribution in [0.25, 0.3) is 0 Å². The van der Waals surface area contributed by atoms with Gasteiger partial charge < -0.3 is 9.72 Å². The first kappa shape index (κ1) is 15.4. The maximum Gasteiger partial charge on any atom is 0.411 e. The summed E-state index contributed by atoms with van der Waals surface area (Å²) in [5, 5.41) is 0. The zero-order chi connectivity index (χ0) is 15.8. The molecule has 0 aromatic carbocycles. The summed E-state index contributed by atoms with van der Waals surface area (Å²) in [6.45, 7) is 9.78. The highest BCUT2D eigenvalue weighted by atomic mass is 16.6. The Balaban J connectivity index is 2.27. The lowest BCUT2D eigenvalue weighted by atomic mass is 10.0. The van der Waals surface area contributed by atoms with E-state index in [1.807, 2.05) is 27.7 Å². The van der Waals surface area contributed by atoms with Gasteiger partial charge in [-0.15, -0.1) is 6.42 Å². The van der Waals surface area contributed by atoms with E-state index in [-0.39, 0.29) is 18.2 Å². The number of nitrogens with one attached hydrogen (secondary N) is 1. The second-order valence-corrected chi connectivity index (χ2v) is 6.68. The van der Waals surface area contributed by atoms with E-state index in [2.05, 4.69) is 22.8 Å². The molecule has 1 fully saturated rings. The quantitative estimate of drug-likeness (QED) is 0.808. The van der Waals surface area contributed by atoms with E-state index in [4.69, 9.17) is 11.2 Å². The van der Waals surface area contributed by atoms with E-state index in [0.29, 0.717) is 11.6 Å². The lowest BCUT2D eigenvalue weighted by molar-refractivity contribution is 0.0140. The number of likely N-dealkylation sites (tertiary alicyclic amines) is 1. The fourth-order valence-corrected chi connectivity index (χ4v) is 2.65. The van der Waals surface area contributed by atoms with E-state index in [9.17, 15) is 4.79 Å². The SMILES string of the molecule is C#Cc1cnc([C@@H]2C[C@@H](C)[C@@H](C)N2C(=O)OC(C)(C)C)[nH]1. The molecule has 1 saturated heterocycles. The molecule has 2 rings (SSSR count). The van der Waals surface area contributed by atoms with Gasteiger partial charge in [0.05, 0.1) is 12.2 Å². The highest BCUT2D eigenvalue weighted by Crippen LogP contribution is 2.39. The van der Waals surface area contributed by atoms with Crippen molar-refractivity contribution in [2.24, 2.45) is 5.92 Å². The Kier molecular flexibility index (Phi) is 3.99. The topological polar surface area (TPSA) is 58.2 Å². The Labute approximate surface area is 126 Å². The van der Waals surface area contributed by atoms with Crippen LogP contribution in [0.4, 0.5) is 4.79 Å². The van der Waals surface area contributed by atoms with Crippen molar-refractivity contribution >= 4 is 6.09 Å². The molecule has 1 N–H and O–H groups in total. The van der Waals surface area contributed by atoms with Gasteiger partial charge >= 0.3 is 6.09 Å². The first-order valence-corrected chi connectivity index (χ1v) is 7.25. The van der Waals surface area contributed by atoms with E-state index in [1.54, 1.807) is 11.1 Å². The van der Waals surface area contributed by atoms with E-state index >= 15 is 0 Å². The number of carbonyl (C=O) groups is 1. The summed E-state index contributed by atoms with van der Waals surface area (Å²) in [6, 6.07) is -0.0174. The van der Waals surface area contributed by atoms with Crippen LogP contribution in [0, 0.1) is 18.3 Å². The predicted molar refractivity (Wildman–Crippen MR) is 80.6 cm³/mol. The molecule has 21 heavy (non-hydrogen) atoms. The van der Waals surface area contributed by atoms with E-state index in [0.717, 1.165) is 12.2 Å². The Morgan fingerprint density at radius 2 is 2.19 bits per heavy atom. The fourth-order valence-electron chi connectivity index (χ4n) is 2.65. The molecule has 1 aliphatic rings. The van der Waals surface area contributed by atoms with Gasteiger partial charge in [-0.05, 0) is 40.0 Å². The lowest BCUT2D eigenvalue weighted by Crippen LogP contribution is -2.41. The van der Waals surface area contributed by atoms with Crippen molar-refractivity contribution in [3.05, 3.63) is 17.7 Å². The molecule has 0 unspecified atom stereocenters. The molecule has 3 atom stereocenters. The third-order valence-corrected chi connectivity index (χ3v) is 3.86. The number of carbonyl (C=O) groups excluding carboxylic acids is 1. The number of aromatic nitrogens is 2. The largest absolute Gasteiger partial charge is 0.444 e. The Hall–Kier alpha value is -1.96. The number of hydrogen-bond donors (Lipinski definition) is 1. The Morgan fingerprint density at radius 3 is 2.71 bits per heavy atom. The van der Waals surface area contributed by atoms with Crippen molar-refractivity contribution in [2.45, 2.75) is 58.7 Å². The van der Waals surface area contributed by atoms with Crippen molar-refractivity contribution in [3.63, 3.8) is 0 Å². The molecule has 0 spiro atoms. The minimum atomic E-state index is -0.514. The average Bonchev–Trinajstić information content (AvgIpc) is 2.93. The van der Waals surface area contributed by atoms with E-state index in [1.165, 1.54) is 0 Å². The fraction of sp³-hybridized carbons (Fsp3) is 0.625. The molecular formula is C16H23N3O2. The van der Waals surface area contributed by atoms with Crippen molar-refractivity contribution in [1.29, 1.82) is 0 Å². The molecule has 0 saturated carbocycles. The number of H-pyrrole nitrogens is 1. The van der Waals surface area contributed by atoms with Crippen molar-refractivity contribution in [3.8, 4) is 12.3 Å². The average molecular weight is 289 g/mol. The molecule has 0 bridgehead atoms. The van der Waals surface area contributed by atoms with Crippen molar-refractivity contribution < 1.29 is 9.53 Å². The van der Waals surface area contributed by atoms with Crippen LogP contribution in [0.1, 0.15) is 58.6 Å². The van der Waals surface area contributed by atoms with Crippen LogP contribution in [-0.2, 0) is 4.74 Å². The van der Waals surface area contributed by atoms with Gasteiger partial charge in [-0.2, -0.15) is 0 Å². The molecule has 1 aromatic rings. The molecule has 1 aliphatic heterocycles. The smallest absolute Gasteiger partial charge is 0.411 e. The lowest BCUT2D eigenvalue weighted by Gasteiger charge is -2.31. The number of hydrogen-bond acceptors (Lipinski definition) is 3. The normalized spacial score (nSPS) is 25.7. The first-order valence-electron chi connectivity index (χ1n) is 7.25. The predicted octanol–water partition coefficient (Wildman–Crippen LogP) is 3.10. The van der Waals surface area contributed by atoms with Gasteiger partial charge in [0, 0.05) is 6.04 Å². The molecule has 2 heterocycles. The van der Waals surface area contributed by atoms with Crippen LogP contribution in [0.15, 0.2) is 6.20 Å². The van der Waals surface area contributed by atoms with Crippen LogP contribution in [0.3, 0.4) is 0 Å². The maximum atomic E-state index is 12.5. The Bertz CT molecular complexity index is 565. The maximum absolute atomic E-state index is 12.5. The first-order chi connectivity index (χ1) is 9.73. The number of imidazole rings is 1. The van der Waals surface area contributed by atoms with Gasteiger partial charge in [-0.25, -0.2) is 9.78 Å². The monoisotopic (exact) mass is 289 g/mol. The van der Waals surface area contributed by atoms with Crippen molar-refractivity contribution in [2.75, 3.05) is 0 Å². The van der Waals surface area contributed by atoms with E-state index < -0.39 is 5.60 Å². The second-order valence-electron chi connectivity index (χ2n) is 6.68. The molecule has 1 amide bonds. The number of aromatic amines is 1. The summed E-state index contributed by atoms with van der Waals surface area (Å²) in [4.78, 5) is 21.7. The summed E-state index contributed by atoms with van der Waals surface area (Å²) < 4.78 is 5.53. The summed E-state index contributed by atoms with van der Waals surface area (Å²) in [5.41, 5.74) is 0.113. The number of rotatable bonds is 1. The summed E-state index contributed by atoms with van der Waals surface area (Å²) >= 11 is 0. The van der Waals surface area contributed by atoms with Gasteiger partial charge in [-0.1, -0.05) is 12.8 Å². The molecule has 0 aliphatic carbocycles. The van der Waals surface area contributed by atoms with Gasteiger partial charge in [0.2, 0.25) is 0 Å². The molecule has 114 valence electrons. The third kappa shape index (κ3) is 3.21. The highest BCUT2D eigenvalue weighted by Gasteiger charge is 2.43. The van der Waals surface area contributed by atoms with Gasteiger partial charge in [-0.3, -0.25) is 4.90 Å². The third-order valence-electron chi connectivity index (χ3n) is 3.86. The van der Waals surface area contributed by atoms with Crippen LogP contribution in [0.5, 0.6) is 0 Å². The number of amides is 1. The molecule has 1 aromatic heterocycles. The van der Waals surface area contributed by atoms with Crippen LogP contribution in [0.2, 0.25) is 0 Å². The number of terminal acetylenes is 1. The minimum absolute atomic E-state index is 0.101. The molecular weight excluding hydrogens is 266 g/mol. The van der Waals surface area contributed by atoms with Gasteiger partial charge in [0.25, 0.3) is 0 Å². The van der Waals surface area contributed by atoms with Crippen molar-refractivity contribution in [1.82, 2.24) is 14.9 Å². The van der Waals surface area contributed by atoms with Crippen LogP contribution < -0.4 is 0 Å². The molecule has 0 radical (unpaired) electrons. The summed E-state index contributed by atoms with van der Waals surface area (Å²) in [6.07, 6.45) is 7.53. The van der Waals surface area contributed by atoms with Gasteiger partial charge in [0.1, 0.15) is 17.1 Å². The Morgan fingerprint density at radius 1 is 1.52 bits per heavy atom. The summed E-state index contributed by atoms with van der Waals surface area (Å²) in [5.74, 6) is 3.63. The molecule has 5 heteroatoms.